The average Bonchev–Trinajstić information content (AvgIpc) is 3.23. The molecule has 32 heavy (non-hydrogen) atoms. The van der Waals surface area contributed by atoms with Crippen LogP contribution >= 0.6 is 22.9 Å². The van der Waals surface area contributed by atoms with Crippen LogP contribution in [-0.4, -0.2) is 24.5 Å². The summed E-state index contributed by atoms with van der Waals surface area (Å²) in [5, 5.41) is 12.3. The van der Waals surface area contributed by atoms with E-state index in [2.05, 4.69) is 20.2 Å². The standard InChI is InChI=1S/C22H17ClN4O3S2/c1-14-6-12-17(13-7-14)32(29,30)27-19-5-3-2-4-18(19)20(28)24-22-26-25-21(31-22)15-8-10-16(23)11-9-15/h2-13,27H,1H3,(H,24,26,28). The first-order valence-corrected chi connectivity index (χ1v) is 12.1. The van der Waals surface area contributed by atoms with E-state index in [1.807, 2.05) is 19.1 Å². The molecule has 0 atom stereocenters. The minimum atomic E-state index is -3.86. The van der Waals surface area contributed by atoms with Crippen molar-refractivity contribution in [2.75, 3.05) is 10.0 Å². The van der Waals surface area contributed by atoms with Gasteiger partial charge in [-0.3, -0.25) is 14.8 Å². The molecule has 4 rings (SSSR count). The maximum Gasteiger partial charge on any atom is 0.261 e. The summed E-state index contributed by atoms with van der Waals surface area (Å²) in [5.74, 6) is -0.508. The number of aryl methyl sites for hydroxylation is 1. The van der Waals surface area contributed by atoms with E-state index in [0.717, 1.165) is 11.1 Å². The van der Waals surface area contributed by atoms with Gasteiger partial charge in [-0.1, -0.05) is 64.9 Å². The second-order valence-electron chi connectivity index (χ2n) is 6.84. The molecule has 3 aromatic carbocycles. The molecule has 4 aromatic rings. The molecular weight excluding hydrogens is 468 g/mol. The van der Waals surface area contributed by atoms with Gasteiger partial charge in [-0.2, -0.15) is 0 Å². The van der Waals surface area contributed by atoms with Crippen molar-refractivity contribution in [2.24, 2.45) is 0 Å². The number of nitrogens with zero attached hydrogens (tertiary/aromatic N) is 2. The summed E-state index contributed by atoms with van der Waals surface area (Å²) in [6.45, 7) is 1.87. The van der Waals surface area contributed by atoms with Gasteiger partial charge in [-0.15, -0.1) is 10.2 Å². The van der Waals surface area contributed by atoms with Crippen molar-refractivity contribution < 1.29 is 13.2 Å². The summed E-state index contributed by atoms with van der Waals surface area (Å²) in [6, 6.07) is 19.9. The van der Waals surface area contributed by atoms with Crippen LogP contribution in [0.15, 0.2) is 77.7 Å². The minimum Gasteiger partial charge on any atom is -0.296 e. The summed E-state index contributed by atoms with van der Waals surface area (Å²) in [4.78, 5) is 13.0. The highest BCUT2D eigenvalue weighted by Gasteiger charge is 2.19. The molecule has 0 unspecified atom stereocenters. The van der Waals surface area contributed by atoms with E-state index in [1.165, 1.54) is 35.6 Å². The lowest BCUT2D eigenvalue weighted by Gasteiger charge is -2.12. The van der Waals surface area contributed by atoms with Crippen LogP contribution in [-0.2, 0) is 10.0 Å². The molecule has 0 saturated carbocycles. The normalized spacial score (nSPS) is 11.2. The van der Waals surface area contributed by atoms with Crippen LogP contribution in [0.5, 0.6) is 0 Å². The molecule has 0 aliphatic rings. The molecule has 1 aromatic heterocycles. The number of hydrogen-bond acceptors (Lipinski definition) is 6. The number of halogens is 1. The summed E-state index contributed by atoms with van der Waals surface area (Å²) < 4.78 is 28.0. The molecule has 162 valence electrons. The number of para-hydroxylation sites is 1. The second-order valence-corrected chi connectivity index (χ2v) is 9.93. The number of amides is 1. The van der Waals surface area contributed by atoms with Crippen LogP contribution in [0.3, 0.4) is 0 Å². The molecular formula is C22H17ClN4O3S2. The summed E-state index contributed by atoms with van der Waals surface area (Å²) >= 11 is 7.11. The number of hydrogen-bond donors (Lipinski definition) is 2. The fraction of sp³-hybridized carbons (Fsp3) is 0.0455. The van der Waals surface area contributed by atoms with Crippen LogP contribution in [0.25, 0.3) is 10.6 Å². The Bertz CT molecular complexity index is 1370. The van der Waals surface area contributed by atoms with Crippen molar-refractivity contribution in [3.63, 3.8) is 0 Å². The molecule has 0 saturated heterocycles. The van der Waals surface area contributed by atoms with Crippen LogP contribution in [0.2, 0.25) is 5.02 Å². The number of carbonyl (C=O) groups excluding carboxylic acids is 1. The topological polar surface area (TPSA) is 101 Å². The Kier molecular flexibility index (Phi) is 6.22. The zero-order valence-electron chi connectivity index (χ0n) is 16.7. The smallest absolute Gasteiger partial charge is 0.261 e. The summed E-state index contributed by atoms with van der Waals surface area (Å²) in [6.07, 6.45) is 0. The number of aromatic nitrogens is 2. The highest BCUT2D eigenvalue weighted by Crippen LogP contribution is 2.28. The van der Waals surface area contributed by atoms with Crippen molar-refractivity contribution in [3.05, 3.63) is 88.9 Å². The largest absolute Gasteiger partial charge is 0.296 e. The van der Waals surface area contributed by atoms with Gasteiger partial charge in [0.25, 0.3) is 15.9 Å². The maximum absolute atomic E-state index is 12.9. The highest BCUT2D eigenvalue weighted by atomic mass is 35.5. The van der Waals surface area contributed by atoms with Gasteiger partial charge in [0.15, 0.2) is 0 Å². The Balaban J connectivity index is 1.54. The molecule has 1 heterocycles. The Morgan fingerprint density at radius 1 is 0.938 bits per heavy atom. The van der Waals surface area contributed by atoms with Crippen molar-refractivity contribution >= 4 is 49.7 Å². The van der Waals surface area contributed by atoms with Gasteiger partial charge in [0, 0.05) is 10.6 Å². The Morgan fingerprint density at radius 2 is 1.62 bits per heavy atom. The zero-order chi connectivity index (χ0) is 22.7. The first-order valence-electron chi connectivity index (χ1n) is 9.41. The van der Waals surface area contributed by atoms with E-state index in [9.17, 15) is 13.2 Å². The summed E-state index contributed by atoms with van der Waals surface area (Å²) in [5.41, 5.74) is 2.08. The molecule has 1 amide bonds. The number of nitrogens with one attached hydrogen (secondary N) is 2. The Morgan fingerprint density at radius 3 is 2.34 bits per heavy atom. The Labute approximate surface area is 194 Å². The molecule has 2 N–H and O–H groups in total. The third-order valence-corrected chi connectivity index (χ3v) is 7.01. The second kappa shape index (κ2) is 9.07. The van der Waals surface area contributed by atoms with Gasteiger partial charge in [0.05, 0.1) is 16.1 Å². The third kappa shape index (κ3) is 4.96. The number of carbonyl (C=O) groups is 1. The minimum absolute atomic E-state index is 0.107. The van der Waals surface area contributed by atoms with Crippen LogP contribution in [0.4, 0.5) is 10.8 Å². The quantitative estimate of drug-likeness (QED) is 0.390. The number of benzene rings is 3. The van der Waals surface area contributed by atoms with Gasteiger partial charge >= 0.3 is 0 Å². The van der Waals surface area contributed by atoms with Crippen LogP contribution in [0, 0.1) is 6.92 Å². The van der Waals surface area contributed by atoms with Gasteiger partial charge < -0.3 is 0 Å². The zero-order valence-corrected chi connectivity index (χ0v) is 19.1. The highest BCUT2D eigenvalue weighted by molar-refractivity contribution is 7.92. The first kappa shape index (κ1) is 21.9. The number of anilines is 2. The van der Waals surface area contributed by atoms with E-state index in [1.54, 1.807) is 36.4 Å². The molecule has 0 aliphatic carbocycles. The molecule has 7 nitrogen and oxygen atoms in total. The van der Waals surface area contributed by atoms with E-state index < -0.39 is 15.9 Å². The fourth-order valence-electron chi connectivity index (χ4n) is 2.84. The molecule has 10 heteroatoms. The predicted molar refractivity (Wildman–Crippen MR) is 127 cm³/mol. The lowest BCUT2D eigenvalue weighted by Crippen LogP contribution is -2.18. The van der Waals surface area contributed by atoms with E-state index in [-0.39, 0.29) is 21.3 Å². The lowest BCUT2D eigenvalue weighted by atomic mass is 10.2. The van der Waals surface area contributed by atoms with E-state index in [0.29, 0.717) is 10.0 Å². The predicted octanol–water partition coefficient (Wildman–Crippen LogP) is 5.22. The van der Waals surface area contributed by atoms with Crippen molar-refractivity contribution in [3.8, 4) is 10.6 Å². The average molecular weight is 485 g/mol. The van der Waals surface area contributed by atoms with E-state index in [4.69, 9.17) is 11.6 Å². The van der Waals surface area contributed by atoms with Gasteiger partial charge in [0.1, 0.15) is 5.01 Å². The van der Waals surface area contributed by atoms with Gasteiger partial charge in [0.2, 0.25) is 5.13 Å². The van der Waals surface area contributed by atoms with Crippen molar-refractivity contribution in [1.82, 2.24) is 10.2 Å². The number of sulfonamides is 1. The number of rotatable bonds is 6. The molecule has 0 radical (unpaired) electrons. The first-order chi connectivity index (χ1) is 15.3. The molecule has 0 spiro atoms. The van der Waals surface area contributed by atoms with Crippen LogP contribution < -0.4 is 10.0 Å². The third-order valence-electron chi connectivity index (χ3n) is 4.48. The van der Waals surface area contributed by atoms with Crippen LogP contribution in [0.1, 0.15) is 15.9 Å². The van der Waals surface area contributed by atoms with E-state index >= 15 is 0 Å². The van der Waals surface area contributed by atoms with Gasteiger partial charge in [-0.05, 0) is 43.3 Å². The summed E-state index contributed by atoms with van der Waals surface area (Å²) in [7, 11) is -3.86. The molecule has 0 bridgehead atoms. The van der Waals surface area contributed by atoms with Crippen molar-refractivity contribution in [2.45, 2.75) is 11.8 Å². The molecule has 0 aliphatic heterocycles. The fourth-order valence-corrected chi connectivity index (χ4v) is 4.79. The molecule has 0 fully saturated rings. The lowest BCUT2D eigenvalue weighted by molar-refractivity contribution is 0.102. The monoisotopic (exact) mass is 484 g/mol. The maximum atomic E-state index is 12.9. The van der Waals surface area contributed by atoms with Gasteiger partial charge in [-0.25, -0.2) is 8.42 Å². The van der Waals surface area contributed by atoms with Crippen molar-refractivity contribution in [1.29, 1.82) is 0 Å². The Hall–Kier alpha value is -3.27. The SMILES string of the molecule is Cc1ccc(S(=O)(=O)Nc2ccccc2C(=O)Nc2nnc(-c3ccc(Cl)cc3)s2)cc1.